The summed E-state index contributed by atoms with van der Waals surface area (Å²) >= 11 is 0. The van der Waals surface area contributed by atoms with E-state index in [9.17, 15) is 14.4 Å². The number of hydrogen-bond donors (Lipinski definition) is 2. The van der Waals surface area contributed by atoms with E-state index in [0.717, 1.165) is 11.3 Å². The van der Waals surface area contributed by atoms with Crippen LogP contribution in [0.25, 0.3) is 0 Å². The zero-order chi connectivity index (χ0) is 19.3. The summed E-state index contributed by atoms with van der Waals surface area (Å²) in [6, 6.07) is 5.13. The Morgan fingerprint density at radius 2 is 2.00 bits per heavy atom. The van der Waals surface area contributed by atoms with Crippen LogP contribution in [0.2, 0.25) is 0 Å². The number of benzene rings is 1. The number of alkyl carbamates (subject to hydrolysis) is 1. The number of fused-ring (bicyclic) bond motifs is 1. The minimum atomic E-state index is -1.02. The fourth-order valence-corrected chi connectivity index (χ4v) is 2.39. The summed E-state index contributed by atoms with van der Waals surface area (Å²) in [7, 11) is 1.24. The smallest absolute Gasteiger partial charge is 0.407 e. The average molecular weight is 364 g/mol. The number of rotatable bonds is 5. The second kappa shape index (κ2) is 8.07. The molecule has 8 heteroatoms. The highest BCUT2D eigenvalue weighted by atomic mass is 16.6. The van der Waals surface area contributed by atoms with Crippen LogP contribution < -0.4 is 15.4 Å². The zero-order valence-electron chi connectivity index (χ0n) is 15.4. The predicted molar refractivity (Wildman–Crippen MR) is 94.1 cm³/mol. The van der Waals surface area contributed by atoms with Crippen molar-refractivity contribution < 1.29 is 28.6 Å². The van der Waals surface area contributed by atoms with Gasteiger partial charge in [0.05, 0.1) is 13.7 Å². The topological polar surface area (TPSA) is 103 Å². The van der Waals surface area contributed by atoms with Crippen molar-refractivity contribution >= 4 is 23.7 Å². The van der Waals surface area contributed by atoms with Crippen LogP contribution in [0.15, 0.2) is 18.2 Å². The lowest BCUT2D eigenvalue weighted by molar-refractivity contribution is -0.148. The largest absolute Gasteiger partial charge is 0.477 e. The first-order valence-electron chi connectivity index (χ1n) is 8.32. The predicted octanol–water partition coefficient (Wildman–Crippen LogP) is 2.02. The molecular formula is C18H24N2O6. The van der Waals surface area contributed by atoms with Crippen LogP contribution in [0.4, 0.5) is 10.5 Å². The minimum absolute atomic E-state index is 0.0276. The van der Waals surface area contributed by atoms with Gasteiger partial charge >= 0.3 is 12.1 Å². The first-order valence-corrected chi connectivity index (χ1v) is 8.32. The average Bonchev–Trinajstić information content (AvgIpc) is 2.56. The van der Waals surface area contributed by atoms with Crippen molar-refractivity contribution in [2.24, 2.45) is 0 Å². The van der Waals surface area contributed by atoms with Gasteiger partial charge in [0, 0.05) is 12.1 Å². The number of methoxy groups -OCH3 is 1. The Morgan fingerprint density at radius 3 is 2.65 bits per heavy atom. The highest BCUT2D eigenvalue weighted by Crippen LogP contribution is 2.27. The second-order valence-corrected chi connectivity index (χ2v) is 6.88. The number of amides is 2. The summed E-state index contributed by atoms with van der Waals surface area (Å²) in [4.78, 5) is 35.1. The number of ether oxygens (including phenoxy) is 3. The van der Waals surface area contributed by atoms with Gasteiger partial charge in [0.25, 0.3) is 0 Å². The number of carbonyl (C=O) groups excluding carboxylic acids is 3. The van der Waals surface area contributed by atoms with Crippen LogP contribution in [0.5, 0.6) is 5.75 Å². The van der Waals surface area contributed by atoms with Crippen molar-refractivity contribution in [2.75, 3.05) is 19.0 Å². The summed E-state index contributed by atoms with van der Waals surface area (Å²) in [5.74, 6) is -0.200. The van der Waals surface area contributed by atoms with Gasteiger partial charge in [-0.3, -0.25) is 4.79 Å². The lowest BCUT2D eigenvalue weighted by Crippen LogP contribution is -2.42. The van der Waals surface area contributed by atoms with Crippen LogP contribution in [0.3, 0.4) is 0 Å². The molecule has 2 N–H and O–H groups in total. The van der Waals surface area contributed by atoms with Crippen LogP contribution in [0.1, 0.15) is 32.8 Å². The van der Waals surface area contributed by atoms with Gasteiger partial charge in [0.1, 0.15) is 11.4 Å². The van der Waals surface area contributed by atoms with Crippen LogP contribution in [0, 0.1) is 0 Å². The lowest BCUT2D eigenvalue weighted by atomic mass is 10.0. The third-order valence-corrected chi connectivity index (χ3v) is 3.55. The lowest BCUT2D eigenvalue weighted by Gasteiger charge is -2.22. The van der Waals surface area contributed by atoms with E-state index in [1.54, 1.807) is 39.0 Å². The summed E-state index contributed by atoms with van der Waals surface area (Å²) in [6.07, 6.45) is -0.680. The van der Waals surface area contributed by atoms with Crippen molar-refractivity contribution in [3.63, 3.8) is 0 Å². The van der Waals surface area contributed by atoms with Crippen molar-refractivity contribution in [1.29, 1.82) is 0 Å². The molecule has 2 rings (SSSR count). The van der Waals surface area contributed by atoms with E-state index in [1.807, 2.05) is 0 Å². The summed E-state index contributed by atoms with van der Waals surface area (Å²) < 4.78 is 15.6. The molecule has 1 aromatic carbocycles. The van der Waals surface area contributed by atoms with Gasteiger partial charge in [0.15, 0.2) is 0 Å². The van der Waals surface area contributed by atoms with Crippen LogP contribution in [-0.4, -0.2) is 43.3 Å². The number of carbonyl (C=O) groups is 3. The fourth-order valence-electron chi connectivity index (χ4n) is 2.39. The van der Waals surface area contributed by atoms with E-state index in [1.165, 1.54) is 7.11 Å². The molecule has 0 fully saturated rings. The number of esters is 1. The molecule has 1 aliphatic heterocycles. The van der Waals surface area contributed by atoms with E-state index in [-0.39, 0.29) is 12.5 Å². The first kappa shape index (κ1) is 19.6. The summed E-state index contributed by atoms with van der Waals surface area (Å²) in [6.45, 7) is 5.13. The van der Waals surface area contributed by atoms with Gasteiger partial charge in [-0.1, -0.05) is 0 Å². The van der Waals surface area contributed by atoms with Gasteiger partial charge in [-0.25, -0.2) is 9.59 Å². The maximum Gasteiger partial charge on any atom is 0.407 e. The monoisotopic (exact) mass is 364 g/mol. The first-order chi connectivity index (χ1) is 12.2. The van der Waals surface area contributed by atoms with Gasteiger partial charge in [-0.05, 0) is 51.0 Å². The molecule has 0 bridgehead atoms. The molecule has 1 aromatic rings. The van der Waals surface area contributed by atoms with Crippen LogP contribution in [-0.2, 0) is 25.5 Å². The van der Waals surface area contributed by atoms with Crippen molar-refractivity contribution in [3.05, 3.63) is 23.8 Å². The molecule has 0 saturated carbocycles. The van der Waals surface area contributed by atoms with Crippen LogP contribution >= 0.6 is 0 Å². The highest BCUT2D eigenvalue weighted by Gasteiger charge is 2.25. The molecule has 2 amide bonds. The van der Waals surface area contributed by atoms with Crippen molar-refractivity contribution in [1.82, 2.24) is 5.32 Å². The third kappa shape index (κ3) is 5.65. The summed E-state index contributed by atoms with van der Waals surface area (Å²) in [5.41, 5.74) is 1.01. The SMILES string of the molecule is COC(=O)C(CNC(=O)OC(C)(C)C)Oc1ccc2c(c1)CCC(=O)N2. The number of aryl methyl sites for hydroxylation is 1. The quantitative estimate of drug-likeness (QED) is 0.775. The van der Waals surface area contributed by atoms with Gasteiger partial charge < -0.3 is 24.8 Å². The van der Waals surface area contributed by atoms with E-state index in [2.05, 4.69) is 10.6 Å². The molecule has 1 unspecified atom stereocenters. The maximum atomic E-state index is 11.9. The highest BCUT2D eigenvalue weighted by molar-refractivity contribution is 5.94. The fraction of sp³-hybridized carbons (Fsp3) is 0.500. The van der Waals surface area contributed by atoms with E-state index >= 15 is 0 Å². The van der Waals surface area contributed by atoms with Crippen molar-refractivity contribution in [3.8, 4) is 5.75 Å². The third-order valence-electron chi connectivity index (χ3n) is 3.55. The van der Waals surface area contributed by atoms with E-state index in [4.69, 9.17) is 14.2 Å². The molecule has 1 atom stereocenters. The van der Waals surface area contributed by atoms with E-state index < -0.39 is 23.8 Å². The van der Waals surface area contributed by atoms with Gasteiger partial charge in [-0.15, -0.1) is 0 Å². The minimum Gasteiger partial charge on any atom is -0.477 e. The molecule has 8 nitrogen and oxygen atoms in total. The van der Waals surface area contributed by atoms with Gasteiger partial charge in [0.2, 0.25) is 12.0 Å². The Kier molecular flexibility index (Phi) is 6.07. The van der Waals surface area contributed by atoms with E-state index in [0.29, 0.717) is 18.6 Å². The van der Waals surface area contributed by atoms with Gasteiger partial charge in [-0.2, -0.15) is 0 Å². The molecule has 0 radical (unpaired) electrons. The molecule has 142 valence electrons. The Morgan fingerprint density at radius 1 is 1.27 bits per heavy atom. The molecule has 0 spiro atoms. The molecular weight excluding hydrogens is 340 g/mol. The maximum absolute atomic E-state index is 11.9. The molecule has 1 aliphatic rings. The molecule has 0 aliphatic carbocycles. The molecule has 26 heavy (non-hydrogen) atoms. The Hall–Kier alpha value is -2.77. The Labute approximate surface area is 152 Å². The Balaban J connectivity index is 2.03. The molecule has 1 heterocycles. The zero-order valence-corrected chi connectivity index (χ0v) is 15.4. The van der Waals surface area contributed by atoms with Crippen molar-refractivity contribution in [2.45, 2.75) is 45.3 Å². The number of nitrogens with one attached hydrogen (secondary N) is 2. The second-order valence-electron chi connectivity index (χ2n) is 6.88. The molecule has 0 saturated heterocycles. The number of hydrogen-bond acceptors (Lipinski definition) is 6. The number of anilines is 1. The standard InChI is InChI=1S/C18H24N2O6/c1-18(2,3)26-17(23)19-10-14(16(22)24-4)25-12-6-7-13-11(9-12)5-8-15(21)20-13/h6-7,9,14H,5,8,10H2,1-4H3,(H,19,23)(H,20,21). The summed E-state index contributed by atoms with van der Waals surface area (Å²) in [5, 5.41) is 5.28. The Bertz CT molecular complexity index is 695. The molecule has 0 aromatic heterocycles. The normalized spacial score (nSPS) is 14.5.